The van der Waals surface area contributed by atoms with Crippen LogP contribution in [0.25, 0.3) is 0 Å². The molecular weight excluding hydrogens is 252 g/mol. The minimum absolute atomic E-state index is 0.0732. The van der Waals surface area contributed by atoms with Gasteiger partial charge in [-0.2, -0.15) is 0 Å². The standard InChI is InChI=1S/C16H24N2O2/c1-11-5-4-8-14(15(11)19)16(20)18-10-13-7-3-2-6-12(13)9-17/h4-5,8,12-13,19H,2-3,6-7,9-10,17H2,1H3,(H,18,20). The summed E-state index contributed by atoms with van der Waals surface area (Å²) in [6.07, 6.45) is 4.74. The van der Waals surface area contributed by atoms with Gasteiger partial charge in [0.2, 0.25) is 0 Å². The molecule has 1 fully saturated rings. The van der Waals surface area contributed by atoms with Gasteiger partial charge in [0.1, 0.15) is 5.75 Å². The Kier molecular flexibility index (Phi) is 5.01. The largest absolute Gasteiger partial charge is 0.507 e. The van der Waals surface area contributed by atoms with Crippen molar-refractivity contribution < 1.29 is 9.90 Å². The predicted octanol–water partition coefficient (Wildman–Crippen LogP) is 2.20. The zero-order valence-corrected chi connectivity index (χ0v) is 12.1. The number of para-hydroxylation sites is 1. The van der Waals surface area contributed by atoms with Crippen molar-refractivity contribution in [3.63, 3.8) is 0 Å². The average Bonchev–Trinajstić information content (AvgIpc) is 2.48. The van der Waals surface area contributed by atoms with Gasteiger partial charge in [0.25, 0.3) is 5.91 Å². The number of nitrogens with one attached hydrogen (secondary N) is 1. The van der Waals surface area contributed by atoms with Crippen molar-refractivity contribution in [2.75, 3.05) is 13.1 Å². The first-order chi connectivity index (χ1) is 9.63. The Bertz CT molecular complexity index is 474. The third kappa shape index (κ3) is 3.31. The molecule has 2 atom stereocenters. The number of hydrogen-bond donors (Lipinski definition) is 3. The third-order valence-corrected chi connectivity index (χ3v) is 4.38. The Morgan fingerprint density at radius 3 is 2.75 bits per heavy atom. The molecule has 1 amide bonds. The van der Waals surface area contributed by atoms with E-state index in [0.717, 1.165) is 18.4 Å². The molecule has 0 saturated heterocycles. The lowest BCUT2D eigenvalue weighted by atomic mass is 9.79. The van der Waals surface area contributed by atoms with E-state index in [1.165, 1.54) is 12.8 Å². The SMILES string of the molecule is Cc1cccc(C(=O)NCC2CCCCC2CN)c1O. The molecule has 2 unspecified atom stereocenters. The summed E-state index contributed by atoms with van der Waals surface area (Å²) in [5.41, 5.74) is 6.87. The molecule has 1 aromatic rings. The van der Waals surface area contributed by atoms with Gasteiger partial charge in [-0.25, -0.2) is 0 Å². The summed E-state index contributed by atoms with van der Waals surface area (Å²) in [5.74, 6) is 0.844. The molecule has 0 spiro atoms. The number of benzene rings is 1. The molecule has 0 heterocycles. The van der Waals surface area contributed by atoms with Crippen LogP contribution in [-0.4, -0.2) is 24.1 Å². The monoisotopic (exact) mass is 276 g/mol. The van der Waals surface area contributed by atoms with E-state index in [1.807, 2.05) is 0 Å². The molecule has 0 aromatic heterocycles. The van der Waals surface area contributed by atoms with Crippen molar-refractivity contribution in [2.24, 2.45) is 17.6 Å². The highest BCUT2D eigenvalue weighted by molar-refractivity contribution is 5.97. The third-order valence-electron chi connectivity index (χ3n) is 4.38. The Labute approximate surface area is 120 Å². The van der Waals surface area contributed by atoms with Gasteiger partial charge in [0, 0.05) is 6.54 Å². The second-order valence-electron chi connectivity index (χ2n) is 5.72. The van der Waals surface area contributed by atoms with Crippen molar-refractivity contribution >= 4 is 5.91 Å². The molecule has 4 nitrogen and oxygen atoms in total. The first-order valence-electron chi connectivity index (χ1n) is 7.40. The molecule has 0 bridgehead atoms. The van der Waals surface area contributed by atoms with Gasteiger partial charge in [-0.05, 0) is 49.8 Å². The summed E-state index contributed by atoms with van der Waals surface area (Å²) in [5, 5.41) is 12.9. The van der Waals surface area contributed by atoms with Crippen molar-refractivity contribution in [3.05, 3.63) is 29.3 Å². The number of aromatic hydroxyl groups is 1. The molecule has 1 saturated carbocycles. The number of phenolic OH excluding ortho intramolecular Hbond substituents is 1. The molecule has 1 aliphatic rings. The smallest absolute Gasteiger partial charge is 0.255 e. The maximum atomic E-state index is 12.2. The van der Waals surface area contributed by atoms with E-state index in [0.29, 0.717) is 30.5 Å². The van der Waals surface area contributed by atoms with Crippen molar-refractivity contribution in [3.8, 4) is 5.75 Å². The highest BCUT2D eigenvalue weighted by Crippen LogP contribution is 2.29. The van der Waals surface area contributed by atoms with E-state index >= 15 is 0 Å². The molecule has 1 aromatic carbocycles. The van der Waals surface area contributed by atoms with E-state index in [2.05, 4.69) is 5.32 Å². The second-order valence-corrected chi connectivity index (χ2v) is 5.72. The lowest BCUT2D eigenvalue weighted by Crippen LogP contribution is -2.37. The van der Waals surface area contributed by atoms with Crippen LogP contribution in [0.5, 0.6) is 5.75 Å². The topological polar surface area (TPSA) is 75.4 Å². The normalized spacial score (nSPS) is 22.5. The number of rotatable bonds is 4. The zero-order chi connectivity index (χ0) is 14.5. The van der Waals surface area contributed by atoms with Crippen molar-refractivity contribution in [1.29, 1.82) is 0 Å². The Morgan fingerprint density at radius 1 is 1.35 bits per heavy atom. The fraction of sp³-hybridized carbons (Fsp3) is 0.562. The van der Waals surface area contributed by atoms with Crippen molar-refractivity contribution in [1.82, 2.24) is 5.32 Å². The summed E-state index contributed by atoms with van der Waals surface area (Å²) >= 11 is 0. The van der Waals surface area contributed by atoms with Gasteiger partial charge in [0.05, 0.1) is 5.56 Å². The molecule has 0 aliphatic heterocycles. The molecule has 4 N–H and O–H groups in total. The van der Waals surface area contributed by atoms with Crippen LogP contribution in [-0.2, 0) is 0 Å². The van der Waals surface area contributed by atoms with Crippen LogP contribution in [0.1, 0.15) is 41.6 Å². The van der Waals surface area contributed by atoms with Gasteiger partial charge in [-0.1, -0.05) is 25.0 Å². The first-order valence-corrected chi connectivity index (χ1v) is 7.40. The molecule has 0 radical (unpaired) electrons. The fourth-order valence-electron chi connectivity index (χ4n) is 3.02. The predicted molar refractivity (Wildman–Crippen MR) is 79.7 cm³/mol. The van der Waals surface area contributed by atoms with Gasteiger partial charge in [-0.15, -0.1) is 0 Å². The van der Waals surface area contributed by atoms with E-state index < -0.39 is 0 Å². The minimum Gasteiger partial charge on any atom is -0.507 e. The molecule has 1 aliphatic carbocycles. The molecular formula is C16H24N2O2. The van der Waals surface area contributed by atoms with E-state index in [4.69, 9.17) is 5.73 Å². The summed E-state index contributed by atoms with van der Waals surface area (Å²) in [6, 6.07) is 5.23. The van der Waals surface area contributed by atoms with Crippen LogP contribution in [0.4, 0.5) is 0 Å². The summed E-state index contributed by atoms with van der Waals surface area (Å²) < 4.78 is 0. The summed E-state index contributed by atoms with van der Waals surface area (Å²) in [4.78, 5) is 12.2. The van der Waals surface area contributed by atoms with Crippen LogP contribution in [0.15, 0.2) is 18.2 Å². The molecule has 2 rings (SSSR count). The molecule has 20 heavy (non-hydrogen) atoms. The Hall–Kier alpha value is -1.55. The van der Waals surface area contributed by atoms with Crippen molar-refractivity contribution in [2.45, 2.75) is 32.6 Å². The second kappa shape index (κ2) is 6.75. The number of phenols is 1. The van der Waals surface area contributed by atoms with Gasteiger partial charge < -0.3 is 16.2 Å². The highest BCUT2D eigenvalue weighted by atomic mass is 16.3. The van der Waals surface area contributed by atoms with Crippen LogP contribution in [0.2, 0.25) is 0 Å². The van der Waals surface area contributed by atoms with Gasteiger partial charge in [0.15, 0.2) is 0 Å². The quantitative estimate of drug-likeness (QED) is 0.789. The van der Waals surface area contributed by atoms with Gasteiger partial charge in [-0.3, -0.25) is 4.79 Å². The van der Waals surface area contributed by atoms with Crippen LogP contribution >= 0.6 is 0 Å². The average molecular weight is 276 g/mol. The lowest BCUT2D eigenvalue weighted by molar-refractivity contribution is 0.0932. The maximum absolute atomic E-state index is 12.2. The molecule has 110 valence electrons. The number of carbonyl (C=O) groups excluding carboxylic acids is 1. The molecule has 4 heteroatoms. The van der Waals surface area contributed by atoms with E-state index in [1.54, 1.807) is 25.1 Å². The highest BCUT2D eigenvalue weighted by Gasteiger charge is 2.24. The summed E-state index contributed by atoms with van der Waals surface area (Å²) in [7, 11) is 0. The minimum atomic E-state index is -0.201. The summed E-state index contributed by atoms with van der Waals surface area (Å²) in [6.45, 7) is 3.13. The number of nitrogens with two attached hydrogens (primary N) is 1. The number of hydrogen-bond acceptors (Lipinski definition) is 3. The van der Waals surface area contributed by atoms with Crippen LogP contribution in [0, 0.1) is 18.8 Å². The maximum Gasteiger partial charge on any atom is 0.255 e. The number of aryl methyl sites for hydroxylation is 1. The van der Waals surface area contributed by atoms with E-state index in [-0.39, 0.29) is 11.7 Å². The lowest BCUT2D eigenvalue weighted by Gasteiger charge is -2.30. The number of carbonyl (C=O) groups is 1. The number of amides is 1. The van der Waals surface area contributed by atoms with Crippen LogP contribution in [0.3, 0.4) is 0 Å². The van der Waals surface area contributed by atoms with Crippen LogP contribution < -0.4 is 11.1 Å². The van der Waals surface area contributed by atoms with Gasteiger partial charge >= 0.3 is 0 Å². The van der Waals surface area contributed by atoms with E-state index in [9.17, 15) is 9.90 Å². The first kappa shape index (κ1) is 14.9. The fourth-order valence-corrected chi connectivity index (χ4v) is 3.02. The Balaban J connectivity index is 1.96. The zero-order valence-electron chi connectivity index (χ0n) is 12.1. The Morgan fingerprint density at radius 2 is 2.05 bits per heavy atom.